The quantitative estimate of drug-likeness (QED) is 0.162. The molecule has 3 rings (SSSR count). The number of carboxylic acid groups (broad SMARTS) is 1. The second-order valence-corrected chi connectivity index (χ2v) is 8.37. The number of benzene rings is 1. The van der Waals surface area contributed by atoms with Crippen LogP contribution in [0.25, 0.3) is 5.69 Å². The molecule has 1 aliphatic rings. The number of nitrogens with one attached hydrogen (secondary N) is 2. The largest absolute Gasteiger partial charge is 0.554 e. The lowest BCUT2D eigenvalue weighted by atomic mass is 10.2. The Labute approximate surface area is 239 Å². The predicted molar refractivity (Wildman–Crippen MR) is 139 cm³/mol. The van der Waals surface area contributed by atoms with Crippen LogP contribution in [0, 0.1) is 0 Å². The highest BCUT2D eigenvalue weighted by molar-refractivity contribution is 5.91. The molecule has 1 aromatic carbocycles. The Balaban J connectivity index is 0.00000257. The van der Waals surface area contributed by atoms with Gasteiger partial charge in [0, 0.05) is 12.2 Å². The van der Waals surface area contributed by atoms with E-state index in [0.717, 1.165) is 0 Å². The summed E-state index contributed by atoms with van der Waals surface area (Å²) in [4.78, 5) is 37.9. The van der Waals surface area contributed by atoms with E-state index in [2.05, 4.69) is 26.1 Å². The second kappa shape index (κ2) is 14.7. The van der Waals surface area contributed by atoms with Gasteiger partial charge in [-0.3, -0.25) is 9.59 Å². The van der Waals surface area contributed by atoms with Gasteiger partial charge in [0.2, 0.25) is 0 Å². The molecule has 2 amide bonds. The van der Waals surface area contributed by atoms with E-state index in [0.29, 0.717) is 18.0 Å². The van der Waals surface area contributed by atoms with Crippen molar-refractivity contribution in [3.8, 4) is 5.69 Å². The SMILES string of the molecule is O=C[O-].[2H]C([2H])([2H])[N+](CC(=O)Nc1ccc(-n2cc(CNC(=O)CO/N=C/C=C/[C@H]3COC(C)(C)O3)nn2)cc1)(C([2H])([2H])[2H])C([2H])([2H])[2H]. The van der Waals surface area contributed by atoms with Gasteiger partial charge in [-0.15, -0.1) is 5.10 Å². The van der Waals surface area contributed by atoms with Crippen LogP contribution in [-0.2, 0) is 35.2 Å². The molecule has 14 nitrogen and oxygen atoms in total. The molecular formula is C25H35N7O7. The molecule has 0 bridgehead atoms. The van der Waals surface area contributed by atoms with E-state index in [1.165, 1.54) is 35.2 Å². The van der Waals surface area contributed by atoms with Crippen LogP contribution in [0.5, 0.6) is 0 Å². The van der Waals surface area contributed by atoms with Crippen LogP contribution in [0.1, 0.15) is 31.9 Å². The molecule has 0 saturated carbocycles. The monoisotopic (exact) mass is 554 g/mol. The number of quaternary nitrogens is 1. The first-order valence-electron chi connectivity index (χ1n) is 15.8. The van der Waals surface area contributed by atoms with E-state index in [1.807, 2.05) is 13.8 Å². The second-order valence-electron chi connectivity index (χ2n) is 8.37. The van der Waals surface area contributed by atoms with E-state index in [4.69, 9.17) is 36.5 Å². The van der Waals surface area contributed by atoms with Gasteiger partial charge in [0.1, 0.15) is 11.8 Å². The summed E-state index contributed by atoms with van der Waals surface area (Å²) < 4.78 is 78.7. The van der Waals surface area contributed by atoms with Crippen LogP contribution in [0.4, 0.5) is 5.69 Å². The number of nitrogens with zero attached hydrogens (tertiary/aromatic N) is 5. The maximum absolute atomic E-state index is 12.7. The third kappa shape index (κ3) is 12.3. The van der Waals surface area contributed by atoms with E-state index < -0.39 is 56.0 Å². The summed E-state index contributed by atoms with van der Waals surface area (Å²) in [5.74, 6) is -2.20. The van der Waals surface area contributed by atoms with Crippen LogP contribution in [0.2, 0.25) is 0 Å². The first-order chi connectivity index (χ1) is 22.2. The topological polar surface area (TPSA) is 169 Å². The Morgan fingerprint density at radius 1 is 1.31 bits per heavy atom. The third-order valence-electron chi connectivity index (χ3n) is 4.58. The molecule has 2 heterocycles. The van der Waals surface area contributed by atoms with E-state index >= 15 is 0 Å². The molecular weight excluding hydrogens is 510 g/mol. The zero-order valence-corrected chi connectivity index (χ0v) is 21.2. The molecule has 1 fully saturated rings. The van der Waals surface area contributed by atoms with Gasteiger partial charge in [0.05, 0.1) is 64.5 Å². The Bertz CT molecular complexity index is 1410. The van der Waals surface area contributed by atoms with E-state index in [9.17, 15) is 9.59 Å². The van der Waals surface area contributed by atoms with Crippen molar-refractivity contribution in [1.29, 1.82) is 0 Å². The molecule has 0 radical (unpaired) electrons. The van der Waals surface area contributed by atoms with E-state index in [-0.39, 0.29) is 24.9 Å². The molecule has 1 aromatic heterocycles. The lowest BCUT2D eigenvalue weighted by Gasteiger charge is -2.22. The lowest BCUT2D eigenvalue weighted by molar-refractivity contribution is -0.861. The normalized spacial score (nSPS) is 20.9. The number of rotatable bonds is 11. The maximum atomic E-state index is 12.7. The van der Waals surface area contributed by atoms with Crippen molar-refractivity contribution in [1.82, 2.24) is 20.3 Å². The Morgan fingerprint density at radius 3 is 2.67 bits per heavy atom. The summed E-state index contributed by atoms with van der Waals surface area (Å²) in [5.41, 5.74) is 1.07. The summed E-state index contributed by atoms with van der Waals surface area (Å²) in [6.45, 7) is -8.69. The highest BCUT2D eigenvalue weighted by Crippen LogP contribution is 2.22. The van der Waals surface area contributed by atoms with Gasteiger partial charge in [0.15, 0.2) is 18.9 Å². The molecule has 2 aromatic rings. The van der Waals surface area contributed by atoms with Crippen LogP contribution >= 0.6 is 0 Å². The smallest absolute Gasteiger partial charge is 0.279 e. The fourth-order valence-electron chi connectivity index (χ4n) is 3.02. The molecule has 1 atom stereocenters. The van der Waals surface area contributed by atoms with Crippen molar-refractivity contribution in [2.75, 3.05) is 46.0 Å². The van der Waals surface area contributed by atoms with Gasteiger partial charge in [0.25, 0.3) is 11.8 Å². The highest BCUT2D eigenvalue weighted by atomic mass is 16.7. The zero-order valence-electron chi connectivity index (χ0n) is 30.2. The minimum absolute atomic E-state index is 0.0469. The number of aromatic nitrogens is 3. The average Bonchev–Trinajstić information content (AvgIpc) is 3.57. The minimum Gasteiger partial charge on any atom is -0.554 e. The van der Waals surface area contributed by atoms with Crippen molar-refractivity contribution >= 4 is 30.2 Å². The number of likely N-dealkylation sites (N-methyl/N-ethyl adjacent to an activating group) is 1. The number of ether oxygens (including phenoxy) is 2. The number of anilines is 1. The van der Waals surface area contributed by atoms with Crippen LogP contribution < -0.4 is 15.7 Å². The number of hydrogen-bond acceptors (Lipinski definition) is 10. The molecule has 39 heavy (non-hydrogen) atoms. The van der Waals surface area contributed by atoms with Gasteiger partial charge < -0.3 is 39.3 Å². The Kier molecular flexibility index (Phi) is 7.49. The van der Waals surface area contributed by atoms with E-state index in [1.54, 1.807) is 18.3 Å². The fraction of sp³-hybridized carbons (Fsp3) is 0.440. The number of oxime groups is 1. The van der Waals surface area contributed by atoms with Gasteiger partial charge in [-0.25, -0.2) is 4.68 Å². The lowest BCUT2D eigenvalue weighted by Crippen LogP contribution is -2.41. The molecule has 1 aliphatic heterocycles. The third-order valence-corrected chi connectivity index (χ3v) is 4.58. The molecule has 0 aliphatic carbocycles. The van der Waals surface area contributed by atoms with Gasteiger partial charge in [-0.1, -0.05) is 16.4 Å². The standard InChI is InChI=1S/C24H33N7O5.CH2O2/c1-24(2)34-16-21(36-24)7-6-12-26-35-17-23(33)25-13-19-14-30(29-28-19)20-10-8-18(9-11-20)27-22(32)15-31(3,4)5;2-1-3/h6-12,14,21H,13,15-17H2,1-5H3,(H-,25,27,32,33);1H,(H,2,3)/b7-6+,26-12+;/t21-;/m0./s1/i3D3,4D3,5D3;. The zero-order chi connectivity index (χ0) is 36.4. The Hall–Kier alpha value is -4.14. The number of hydrogen-bond donors (Lipinski definition) is 2. The first-order valence-corrected chi connectivity index (χ1v) is 11.3. The summed E-state index contributed by atoms with van der Waals surface area (Å²) >= 11 is 0. The van der Waals surface area contributed by atoms with Gasteiger partial charge in [-0.05, 0) is 44.2 Å². The van der Waals surface area contributed by atoms with Gasteiger partial charge in [-0.2, -0.15) is 0 Å². The van der Waals surface area contributed by atoms with Crippen molar-refractivity contribution in [3.05, 3.63) is 48.3 Å². The van der Waals surface area contributed by atoms with Crippen LogP contribution in [0.15, 0.2) is 47.8 Å². The molecule has 0 spiro atoms. The maximum Gasteiger partial charge on any atom is 0.279 e. The molecule has 0 unspecified atom stereocenters. The predicted octanol–water partition coefficient (Wildman–Crippen LogP) is -0.396. The summed E-state index contributed by atoms with van der Waals surface area (Å²) in [7, 11) is 0. The minimum atomic E-state index is -3.54. The van der Waals surface area contributed by atoms with Gasteiger partial charge >= 0.3 is 0 Å². The Morgan fingerprint density at radius 2 is 2.03 bits per heavy atom. The summed E-state index contributed by atoms with van der Waals surface area (Å²) in [6, 6.07) is 5.90. The summed E-state index contributed by atoms with van der Waals surface area (Å²) in [5, 5.41) is 24.8. The molecule has 1 saturated heterocycles. The van der Waals surface area contributed by atoms with Crippen molar-refractivity contribution in [2.24, 2.45) is 5.16 Å². The number of carbonyl (C=O) groups excluding carboxylic acids is 3. The average molecular weight is 555 g/mol. The molecule has 212 valence electrons. The molecule has 14 heteroatoms. The number of allylic oxidation sites excluding steroid dienone is 1. The van der Waals surface area contributed by atoms with Crippen LogP contribution in [0.3, 0.4) is 0 Å². The highest BCUT2D eigenvalue weighted by Gasteiger charge is 2.30. The number of amides is 2. The van der Waals surface area contributed by atoms with Crippen molar-refractivity contribution < 1.29 is 50.6 Å². The summed E-state index contributed by atoms with van der Waals surface area (Å²) in [6.07, 6.45) is 6.10. The first kappa shape index (κ1) is 19.9. The van der Waals surface area contributed by atoms with Crippen molar-refractivity contribution in [2.45, 2.75) is 32.3 Å². The van der Waals surface area contributed by atoms with Crippen LogP contribution in [-0.4, -0.2) is 96.6 Å². The molecule has 2 N–H and O–H groups in total. The fourth-order valence-corrected chi connectivity index (χ4v) is 3.02. The van der Waals surface area contributed by atoms with Crippen molar-refractivity contribution in [3.63, 3.8) is 0 Å². The number of carbonyl (C=O) groups is 3.